The van der Waals surface area contributed by atoms with Gasteiger partial charge in [0.15, 0.2) is 5.78 Å². The molecule has 1 aliphatic heterocycles. The first-order valence-corrected chi connectivity index (χ1v) is 7.40. The average Bonchev–Trinajstić information content (AvgIpc) is 2.55. The number of Topliss-reactive ketones (excluding diaryl/α,β-unsaturated/α-hetero) is 1. The number of nitrogens with zero attached hydrogens (tertiary/aromatic N) is 1. The predicted molar refractivity (Wildman–Crippen MR) is 86.7 cm³/mol. The van der Waals surface area contributed by atoms with Crippen LogP contribution in [-0.2, 0) is 11.0 Å². The SMILES string of the molecule is CC1=C(c2ccccc2)C(=O)C(c2cccc(C(F)(F)F)c2)C=N1. The zero-order valence-electron chi connectivity index (χ0n) is 12.8. The summed E-state index contributed by atoms with van der Waals surface area (Å²) in [6.45, 7) is 1.72. The van der Waals surface area contributed by atoms with Crippen molar-refractivity contribution in [3.8, 4) is 0 Å². The van der Waals surface area contributed by atoms with Gasteiger partial charge in [0.25, 0.3) is 0 Å². The molecule has 2 aromatic rings. The van der Waals surface area contributed by atoms with Crippen molar-refractivity contribution in [2.45, 2.75) is 19.0 Å². The Labute approximate surface area is 137 Å². The maximum absolute atomic E-state index is 12.9. The summed E-state index contributed by atoms with van der Waals surface area (Å²) in [6.07, 6.45) is -3.03. The average molecular weight is 329 g/mol. The summed E-state index contributed by atoms with van der Waals surface area (Å²) in [4.78, 5) is 17.1. The number of ketones is 1. The molecule has 3 rings (SSSR count). The van der Waals surface area contributed by atoms with Crippen LogP contribution in [0.25, 0.3) is 5.57 Å². The normalized spacial score (nSPS) is 18.2. The van der Waals surface area contributed by atoms with Crippen LogP contribution in [0.2, 0.25) is 0 Å². The van der Waals surface area contributed by atoms with Crippen LogP contribution in [0.5, 0.6) is 0 Å². The van der Waals surface area contributed by atoms with Gasteiger partial charge >= 0.3 is 6.18 Å². The standard InChI is InChI=1S/C19H14F3NO/c1-12-17(13-6-3-2-4-7-13)18(24)16(11-23-12)14-8-5-9-15(10-14)19(20,21)22/h2-11,16H,1H3. The van der Waals surface area contributed by atoms with Crippen LogP contribution in [0.15, 0.2) is 65.3 Å². The molecule has 0 saturated heterocycles. The van der Waals surface area contributed by atoms with Crippen molar-refractivity contribution < 1.29 is 18.0 Å². The summed E-state index contributed by atoms with van der Waals surface area (Å²) in [5, 5.41) is 0. The molecular formula is C19H14F3NO. The number of rotatable bonds is 2. The summed E-state index contributed by atoms with van der Waals surface area (Å²) in [5.74, 6) is -1.06. The summed E-state index contributed by atoms with van der Waals surface area (Å²) in [5.41, 5.74) is 1.25. The maximum atomic E-state index is 12.9. The Balaban J connectivity index is 2.01. The molecule has 0 saturated carbocycles. The monoisotopic (exact) mass is 329 g/mol. The van der Waals surface area contributed by atoms with Gasteiger partial charge in [-0.2, -0.15) is 13.2 Å². The molecule has 0 bridgehead atoms. The summed E-state index contributed by atoms with van der Waals surface area (Å²) in [7, 11) is 0. The lowest BCUT2D eigenvalue weighted by atomic mass is 9.85. The number of halogens is 3. The lowest BCUT2D eigenvalue weighted by Gasteiger charge is -2.20. The second-order valence-electron chi connectivity index (χ2n) is 5.57. The fourth-order valence-electron chi connectivity index (χ4n) is 2.75. The Kier molecular flexibility index (Phi) is 4.09. The first kappa shape index (κ1) is 16.2. The van der Waals surface area contributed by atoms with Crippen LogP contribution < -0.4 is 0 Å². The Morgan fingerprint density at radius 2 is 1.71 bits per heavy atom. The molecule has 122 valence electrons. The van der Waals surface area contributed by atoms with Crippen molar-refractivity contribution in [2.75, 3.05) is 0 Å². The molecular weight excluding hydrogens is 315 g/mol. The van der Waals surface area contributed by atoms with Gasteiger partial charge in [0.2, 0.25) is 0 Å². The molecule has 0 aromatic heterocycles. The zero-order valence-corrected chi connectivity index (χ0v) is 12.8. The van der Waals surface area contributed by atoms with Gasteiger partial charge in [-0.1, -0.05) is 48.5 Å². The van der Waals surface area contributed by atoms with E-state index in [1.165, 1.54) is 18.3 Å². The smallest absolute Gasteiger partial charge is 0.293 e. The number of allylic oxidation sites excluding steroid dienone is 2. The highest BCUT2D eigenvalue weighted by atomic mass is 19.4. The molecule has 0 aliphatic carbocycles. The first-order valence-electron chi connectivity index (χ1n) is 7.40. The molecule has 0 fully saturated rings. The highest BCUT2D eigenvalue weighted by Gasteiger charge is 2.33. The third-order valence-electron chi connectivity index (χ3n) is 3.94. The molecule has 1 heterocycles. The molecule has 1 aliphatic rings. The molecule has 24 heavy (non-hydrogen) atoms. The van der Waals surface area contributed by atoms with E-state index in [2.05, 4.69) is 4.99 Å². The quantitative estimate of drug-likeness (QED) is 0.772. The van der Waals surface area contributed by atoms with E-state index in [0.29, 0.717) is 22.4 Å². The molecule has 0 spiro atoms. The molecule has 2 aromatic carbocycles. The van der Waals surface area contributed by atoms with Crippen LogP contribution >= 0.6 is 0 Å². The van der Waals surface area contributed by atoms with Crippen LogP contribution in [-0.4, -0.2) is 12.0 Å². The van der Waals surface area contributed by atoms with E-state index >= 15 is 0 Å². The maximum Gasteiger partial charge on any atom is 0.416 e. The van der Waals surface area contributed by atoms with Crippen molar-refractivity contribution >= 4 is 17.6 Å². The lowest BCUT2D eigenvalue weighted by Crippen LogP contribution is -2.20. The Bertz CT molecular complexity index is 835. The number of carbonyl (C=O) groups excluding carboxylic acids is 1. The van der Waals surface area contributed by atoms with Gasteiger partial charge in [-0.3, -0.25) is 9.79 Å². The minimum Gasteiger partial charge on any atom is -0.293 e. The number of alkyl halides is 3. The van der Waals surface area contributed by atoms with Gasteiger partial charge in [-0.15, -0.1) is 0 Å². The van der Waals surface area contributed by atoms with Crippen molar-refractivity contribution in [2.24, 2.45) is 4.99 Å². The van der Waals surface area contributed by atoms with E-state index in [4.69, 9.17) is 0 Å². The van der Waals surface area contributed by atoms with Crippen LogP contribution in [0.4, 0.5) is 13.2 Å². The Morgan fingerprint density at radius 3 is 2.38 bits per heavy atom. The van der Waals surface area contributed by atoms with E-state index in [-0.39, 0.29) is 5.78 Å². The summed E-state index contributed by atoms with van der Waals surface area (Å²) in [6, 6.07) is 13.9. The van der Waals surface area contributed by atoms with Gasteiger partial charge in [0.05, 0.1) is 11.5 Å². The van der Waals surface area contributed by atoms with Crippen LogP contribution in [0.3, 0.4) is 0 Å². The third kappa shape index (κ3) is 3.02. The summed E-state index contributed by atoms with van der Waals surface area (Å²) >= 11 is 0. The zero-order chi connectivity index (χ0) is 17.3. The van der Waals surface area contributed by atoms with Gasteiger partial charge < -0.3 is 0 Å². The van der Waals surface area contributed by atoms with E-state index in [9.17, 15) is 18.0 Å². The Morgan fingerprint density at radius 1 is 1.00 bits per heavy atom. The number of aliphatic imine (C=N–C) groups is 1. The van der Waals surface area contributed by atoms with Gasteiger partial charge in [0.1, 0.15) is 0 Å². The number of benzene rings is 2. The van der Waals surface area contributed by atoms with Crippen molar-refractivity contribution in [1.82, 2.24) is 0 Å². The highest BCUT2D eigenvalue weighted by Crippen LogP contribution is 2.34. The number of carbonyl (C=O) groups is 1. The topological polar surface area (TPSA) is 29.4 Å². The van der Waals surface area contributed by atoms with Crippen molar-refractivity contribution in [3.63, 3.8) is 0 Å². The molecule has 2 nitrogen and oxygen atoms in total. The second-order valence-corrected chi connectivity index (χ2v) is 5.57. The molecule has 1 unspecified atom stereocenters. The second kappa shape index (κ2) is 6.07. The fraction of sp³-hybridized carbons (Fsp3) is 0.158. The summed E-state index contributed by atoms with van der Waals surface area (Å²) < 4.78 is 38.7. The molecule has 1 atom stereocenters. The van der Waals surface area contributed by atoms with Gasteiger partial charge in [-0.25, -0.2) is 0 Å². The van der Waals surface area contributed by atoms with E-state index < -0.39 is 17.7 Å². The minimum absolute atomic E-state index is 0.243. The largest absolute Gasteiger partial charge is 0.416 e. The van der Waals surface area contributed by atoms with Crippen molar-refractivity contribution in [3.05, 3.63) is 77.0 Å². The van der Waals surface area contributed by atoms with E-state index in [1.54, 1.807) is 31.2 Å². The molecule has 5 heteroatoms. The molecule has 0 radical (unpaired) electrons. The Hall–Kier alpha value is -2.69. The van der Waals surface area contributed by atoms with E-state index in [0.717, 1.165) is 12.1 Å². The molecule has 0 N–H and O–H groups in total. The van der Waals surface area contributed by atoms with Crippen LogP contribution in [0.1, 0.15) is 29.5 Å². The first-order chi connectivity index (χ1) is 11.4. The molecule has 0 amide bonds. The number of hydrogen-bond donors (Lipinski definition) is 0. The van der Waals surface area contributed by atoms with Gasteiger partial charge in [-0.05, 0) is 24.1 Å². The number of hydrogen-bond acceptors (Lipinski definition) is 2. The predicted octanol–water partition coefficient (Wildman–Crippen LogP) is 4.87. The van der Waals surface area contributed by atoms with Crippen molar-refractivity contribution in [1.29, 1.82) is 0 Å². The fourth-order valence-corrected chi connectivity index (χ4v) is 2.75. The third-order valence-corrected chi connectivity index (χ3v) is 3.94. The lowest BCUT2D eigenvalue weighted by molar-refractivity contribution is -0.137. The van der Waals surface area contributed by atoms with E-state index in [1.807, 2.05) is 6.07 Å². The van der Waals surface area contributed by atoms with Gasteiger partial charge in [0, 0.05) is 17.5 Å². The highest BCUT2D eigenvalue weighted by molar-refractivity contribution is 6.30. The van der Waals surface area contributed by atoms with Crippen LogP contribution in [0, 0.1) is 0 Å². The minimum atomic E-state index is -4.45.